The second-order valence-corrected chi connectivity index (χ2v) is 6.54. The molecule has 0 fully saturated rings. The molecule has 0 aliphatic heterocycles. The third-order valence-corrected chi connectivity index (χ3v) is 4.77. The number of aromatic nitrogens is 1. The first-order chi connectivity index (χ1) is 11.5. The van der Waals surface area contributed by atoms with Gasteiger partial charge in [0, 0.05) is 5.56 Å². The Kier molecular flexibility index (Phi) is 4.62. The Morgan fingerprint density at radius 1 is 1.17 bits per heavy atom. The van der Waals surface area contributed by atoms with E-state index in [1.807, 2.05) is 36.4 Å². The average molecular weight is 339 g/mol. The van der Waals surface area contributed by atoms with Crippen molar-refractivity contribution in [2.24, 2.45) is 0 Å². The highest BCUT2D eigenvalue weighted by Gasteiger charge is 2.14. The number of carboxylic acid groups (broad SMARTS) is 1. The molecule has 0 radical (unpaired) electrons. The summed E-state index contributed by atoms with van der Waals surface area (Å²) < 4.78 is 5.79. The third-order valence-electron chi connectivity index (χ3n) is 3.58. The number of carboxylic acids is 1. The molecule has 4 nitrogen and oxygen atoms in total. The van der Waals surface area contributed by atoms with E-state index in [4.69, 9.17) is 9.84 Å². The van der Waals surface area contributed by atoms with Gasteiger partial charge in [0.25, 0.3) is 0 Å². The summed E-state index contributed by atoms with van der Waals surface area (Å²) in [7, 11) is 0. The molecule has 122 valence electrons. The molecule has 1 aromatic heterocycles. The Labute approximate surface area is 144 Å². The maximum atomic E-state index is 11.1. The maximum Gasteiger partial charge on any atom is 0.347 e. The third kappa shape index (κ3) is 3.63. The predicted octanol–water partition coefficient (Wildman–Crippen LogP) is 4.70. The molecule has 2 aromatic carbocycles. The summed E-state index contributed by atoms with van der Waals surface area (Å²) in [4.78, 5) is 15.7. The number of carbonyl (C=O) groups is 1. The van der Waals surface area contributed by atoms with Gasteiger partial charge in [0.05, 0.1) is 5.69 Å². The first-order valence-electron chi connectivity index (χ1n) is 7.52. The maximum absolute atomic E-state index is 11.1. The highest BCUT2D eigenvalue weighted by Crippen LogP contribution is 2.29. The fourth-order valence-electron chi connectivity index (χ4n) is 2.38. The van der Waals surface area contributed by atoms with Crippen LogP contribution in [-0.4, -0.2) is 16.1 Å². The minimum absolute atomic E-state index is 0.282. The normalized spacial score (nSPS) is 10.6. The van der Waals surface area contributed by atoms with Crippen molar-refractivity contribution >= 4 is 17.3 Å². The average Bonchev–Trinajstić information content (AvgIpc) is 2.96. The van der Waals surface area contributed by atoms with Gasteiger partial charge in [-0.3, -0.25) is 0 Å². The zero-order valence-electron chi connectivity index (χ0n) is 13.4. The summed E-state index contributed by atoms with van der Waals surface area (Å²) in [5, 5.41) is 9.82. The molecule has 5 heteroatoms. The van der Waals surface area contributed by atoms with Crippen molar-refractivity contribution in [3.63, 3.8) is 0 Å². The van der Waals surface area contributed by atoms with E-state index in [1.54, 1.807) is 6.92 Å². The van der Waals surface area contributed by atoms with Crippen LogP contribution in [0.2, 0.25) is 0 Å². The van der Waals surface area contributed by atoms with Gasteiger partial charge in [0.15, 0.2) is 0 Å². The molecule has 24 heavy (non-hydrogen) atoms. The molecular weight excluding hydrogens is 322 g/mol. The van der Waals surface area contributed by atoms with Crippen molar-refractivity contribution in [1.82, 2.24) is 4.98 Å². The van der Waals surface area contributed by atoms with Gasteiger partial charge < -0.3 is 9.84 Å². The molecule has 0 bridgehead atoms. The molecule has 0 spiro atoms. The number of hydrogen-bond donors (Lipinski definition) is 1. The van der Waals surface area contributed by atoms with Crippen LogP contribution in [0, 0.1) is 13.8 Å². The predicted molar refractivity (Wildman–Crippen MR) is 94.8 cm³/mol. The number of rotatable bonds is 5. The lowest BCUT2D eigenvalue weighted by Crippen LogP contribution is -1.95. The standard InChI is InChI=1S/C19H17NO3S/c1-12-4-3-5-14(10-12)11-23-16-8-6-15(7-9-16)18-20-13(2)17(24-18)19(21)22/h3-10H,11H2,1-2H3,(H,21,22). The Hall–Kier alpha value is -2.66. The van der Waals surface area contributed by atoms with Gasteiger partial charge in [-0.1, -0.05) is 29.8 Å². The number of ether oxygens (including phenoxy) is 1. The van der Waals surface area contributed by atoms with E-state index in [0.717, 1.165) is 16.9 Å². The lowest BCUT2D eigenvalue weighted by Gasteiger charge is -2.07. The van der Waals surface area contributed by atoms with Gasteiger partial charge in [-0.15, -0.1) is 11.3 Å². The van der Waals surface area contributed by atoms with E-state index in [2.05, 4.69) is 24.0 Å². The second-order valence-electron chi connectivity index (χ2n) is 5.54. The number of nitrogens with zero attached hydrogens (tertiary/aromatic N) is 1. The minimum Gasteiger partial charge on any atom is -0.489 e. The van der Waals surface area contributed by atoms with E-state index >= 15 is 0 Å². The van der Waals surface area contributed by atoms with Crippen LogP contribution in [0.15, 0.2) is 48.5 Å². The number of thiazole rings is 1. The molecule has 1 N–H and O–H groups in total. The van der Waals surface area contributed by atoms with E-state index in [9.17, 15) is 4.79 Å². The van der Waals surface area contributed by atoms with Gasteiger partial charge in [-0.2, -0.15) is 0 Å². The van der Waals surface area contributed by atoms with Crippen molar-refractivity contribution < 1.29 is 14.6 Å². The highest BCUT2D eigenvalue weighted by atomic mass is 32.1. The van der Waals surface area contributed by atoms with E-state index in [-0.39, 0.29) is 4.88 Å². The van der Waals surface area contributed by atoms with E-state index in [1.165, 1.54) is 16.9 Å². The van der Waals surface area contributed by atoms with Crippen LogP contribution in [0.25, 0.3) is 10.6 Å². The van der Waals surface area contributed by atoms with E-state index in [0.29, 0.717) is 17.3 Å². The second kappa shape index (κ2) is 6.84. The number of benzene rings is 2. The van der Waals surface area contributed by atoms with Crippen molar-refractivity contribution in [2.45, 2.75) is 20.5 Å². The van der Waals surface area contributed by atoms with Gasteiger partial charge in [0.1, 0.15) is 22.2 Å². The molecule has 0 saturated carbocycles. The van der Waals surface area contributed by atoms with Gasteiger partial charge >= 0.3 is 5.97 Å². The van der Waals surface area contributed by atoms with Crippen LogP contribution in [-0.2, 0) is 6.61 Å². The van der Waals surface area contributed by atoms with Crippen molar-refractivity contribution in [3.05, 3.63) is 70.2 Å². The lowest BCUT2D eigenvalue weighted by atomic mass is 10.1. The summed E-state index contributed by atoms with van der Waals surface area (Å²) >= 11 is 1.19. The molecule has 3 rings (SSSR count). The summed E-state index contributed by atoms with van der Waals surface area (Å²) in [6.45, 7) is 4.28. The number of aryl methyl sites for hydroxylation is 2. The largest absolute Gasteiger partial charge is 0.489 e. The molecule has 3 aromatic rings. The van der Waals surface area contributed by atoms with Crippen LogP contribution in [0.4, 0.5) is 0 Å². The summed E-state index contributed by atoms with van der Waals surface area (Å²) in [6.07, 6.45) is 0. The van der Waals surface area contributed by atoms with Crippen molar-refractivity contribution in [3.8, 4) is 16.3 Å². The van der Waals surface area contributed by atoms with Gasteiger partial charge in [0.2, 0.25) is 0 Å². The summed E-state index contributed by atoms with van der Waals surface area (Å²) in [5.41, 5.74) is 3.77. The van der Waals surface area contributed by atoms with Crippen LogP contribution in [0.1, 0.15) is 26.5 Å². The minimum atomic E-state index is -0.936. The number of aromatic carboxylic acids is 1. The SMILES string of the molecule is Cc1cccc(COc2ccc(-c3nc(C)c(C(=O)O)s3)cc2)c1. The van der Waals surface area contributed by atoms with Crippen LogP contribution < -0.4 is 4.74 Å². The molecular formula is C19H17NO3S. The topological polar surface area (TPSA) is 59.4 Å². The van der Waals surface area contributed by atoms with Crippen LogP contribution in [0.5, 0.6) is 5.75 Å². The molecule has 0 amide bonds. The molecule has 0 saturated heterocycles. The summed E-state index contributed by atoms with van der Waals surface area (Å²) in [6, 6.07) is 15.8. The molecule has 0 aliphatic rings. The zero-order chi connectivity index (χ0) is 17.1. The monoisotopic (exact) mass is 339 g/mol. The van der Waals surface area contributed by atoms with Crippen LogP contribution >= 0.6 is 11.3 Å². The first kappa shape index (κ1) is 16.2. The number of hydrogen-bond acceptors (Lipinski definition) is 4. The molecule has 0 atom stereocenters. The molecule has 0 aliphatic carbocycles. The Balaban J connectivity index is 1.71. The first-order valence-corrected chi connectivity index (χ1v) is 8.34. The Morgan fingerprint density at radius 2 is 1.92 bits per heavy atom. The van der Waals surface area contributed by atoms with Crippen LogP contribution in [0.3, 0.4) is 0 Å². The lowest BCUT2D eigenvalue weighted by molar-refractivity contribution is 0.0701. The van der Waals surface area contributed by atoms with Crippen molar-refractivity contribution in [1.29, 1.82) is 0 Å². The van der Waals surface area contributed by atoms with Crippen molar-refractivity contribution in [2.75, 3.05) is 0 Å². The highest BCUT2D eigenvalue weighted by molar-refractivity contribution is 7.17. The Morgan fingerprint density at radius 3 is 2.54 bits per heavy atom. The Bertz CT molecular complexity index is 869. The molecule has 0 unspecified atom stereocenters. The van der Waals surface area contributed by atoms with Gasteiger partial charge in [-0.25, -0.2) is 9.78 Å². The summed E-state index contributed by atoms with van der Waals surface area (Å²) in [5.74, 6) is -0.165. The fraction of sp³-hybridized carbons (Fsp3) is 0.158. The van der Waals surface area contributed by atoms with Gasteiger partial charge in [-0.05, 0) is 43.7 Å². The molecule has 1 heterocycles. The smallest absolute Gasteiger partial charge is 0.347 e. The zero-order valence-corrected chi connectivity index (χ0v) is 14.3. The quantitative estimate of drug-likeness (QED) is 0.732. The fourth-order valence-corrected chi connectivity index (χ4v) is 3.29. The van der Waals surface area contributed by atoms with E-state index < -0.39 is 5.97 Å².